The summed E-state index contributed by atoms with van der Waals surface area (Å²) in [5, 5.41) is 0.643. The van der Waals surface area contributed by atoms with Crippen molar-refractivity contribution >= 4 is 50.7 Å². The fourth-order valence-corrected chi connectivity index (χ4v) is 4.88. The molecule has 3 rings (SSSR count). The van der Waals surface area contributed by atoms with E-state index in [1.807, 2.05) is 50.5 Å². The number of fused-ring (bicyclic) bond motifs is 1. The fourth-order valence-electron chi connectivity index (χ4n) is 3.78. The fraction of sp³-hybridized carbons (Fsp3) is 0.440. The highest BCUT2D eigenvalue weighted by Gasteiger charge is 2.23. The van der Waals surface area contributed by atoms with E-state index in [2.05, 4.69) is 23.6 Å². The topological polar surface area (TPSA) is 58.1 Å². The Labute approximate surface area is 212 Å². The van der Waals surface area contributed by atoms with E-state index in [1.165, 1.54) is 11.3 Å². The second-order valence-corrected chi connectivity index (χ2v) is 8.95. The molecule has 0 aliphatic rings. The standard InChI is InChI=1S/C25H34N4O3S.ClH/c1-7-28(8-2)19-12-10-18(11-13-19)24(30)29(17-9-16-27(3)4)25-26-22-20(31-5)14-15-21(32-6)23(22)33-25;/h10-15H,7-9,16-17H2,1-6H3;1H. The highest BCUT2D eigenvalue weighted by atomic mass is 35.5. The first-order valence-electron chi connectivity index (χ1n) is 11.3. The summed E-state index contributed by atoms with van der Waals surface area (Å²) in [7, 11) is 7.33. The van der Waals surface area contributed by atoms with Crippen LogP contribution in [0.1, 0.15) is 30.6 Å². The number of carbonyl (C=O) groups excluding carboxylic acids is 1. The van der Waals surface area contributed by atoms with E-state index < -0.39 is 0 Å². The molecule has 186 valence electrons. The van der Waals surface area contributed by atoms with Crippen molar-refractivity contribution in [3.63, 3.8) is 0 Å². The molecule has 0 saturated carbocycles. The van der Waals surface area contributed by atoms with Crippen molar-refractivity contribution in [2.24, 2.45) is 0 Å². The molecule has 3 aromatic rings. The van der Waals surface area contributed by atoms with Gasteiger partial charge in [-0.25, -0.2) is 4.98 Å². The highest BCUT2D eigenvalue weighted by Crippen LogP contribution is 2.40. The lowest BCUT2D eigenvalue weighted by Gasteiger charge is -2.23. The molecule has 0 bridgehead atoms. The molecule has 0 atom stereocenters. The summed E-state index contributed by atoms with van der Waals surface area (Å²) in [6, 6.07) is 11.6. The quantitative estimate of drug-likeness (QED) is 0.357. The van der Waals surface area contributed by atoms with Crippen molar-refractivity contribution in [2.75, 3.05) is 64.3 Å². The number of thiazole rings is 1. The predicted molar refractivity (Wildman–Crippen MR) is 145 cm³/mol. The second kappa shape index (κ2) is 12.8. The Hall–Kier alpha value is -2.55. The predicted octanol–water partition coefficient (Wildman–Crippen LogP) is 5.18. The monoisotopic (exact) mass is 506 g/mol. The van der Waals surface area contributed by atoms with Crippen LogP contribution in [0.5, 0.6) is 11.5 Å². The van der Waals surface area contributed by atoms with E-state index in [9.17, 15) is 4.79 Å². The van der Waals surface area contributed by atoms with Crippen LogP contribution in [0.3, 0.4) is 0 Å². The number of amides is 1. The third kappa shape index (κ3) is 6.11. The largest absolute Gasteiger partial charge is 0.495 e. The van der Waals surface area contributed by atoms with Gasteiger partial charge in [0.25, 0.3) is 5.91 Å². The number of anilines is 2. The van der Waals surface area contributed by atoms with E-state index in [0.29, 0.717) is 28.5 Å². The van der Waals surface area contributed by atoms with Gasteiger partial charge in [0.1, 0.15) is 21.7 Å². The number of aromatic nitrogens is 1. The summed E-state index contributed by atoms with van der Waals surface area (Å²) < 4.78 is 11.9. The van der Waals surface area contributed by atoms with Crippen LogP contribution in [0.15, 0.2) is 36.4 Å². The molecular formula is C25H35ClN4O3S. The molecule has 0 fully saturated rings. The molecule has 9 heteroatoms. The van der Waals surface area contributed by atoms with E-state index >= 15 is 0 Å². The van der Waals surface area contributed by atoms with Crippen LogP contribution in [-0.4, -0.2) is 70.3 Å². The van der Waals surface area contributed by atoms with Crippen LogP contribution in [0.4, 0.5) is 10.8 Å². The zero-order chi connectivity index (χ0) is 24.0. The number of halogens is 1. The molecule has 0 radical (unpaired) electrons. The summed E-state index contributed by atoms with van der Waals surface area (Å²) in [4.78, 5) is 24.6. The SMILES string of the molecule is CCN(CC)c1ccc(C(=O)N(CCCN(C)C)c2nc3c(OC)ccc(OC)c3s2)cc1.Cl. The van der Waals surface area contributed by atoms with E-state index in [1.54, 1.807) is 19.1 Å². The number of hydrogen-bond acceptors (Lipinski definition) is 7. The number of ether oxygens (including phenoxy) is 2. The van der Waals surface area contributed by atoms with Gasteiger partial charge in [-0.3, -0.25) is 9.69 Å². The van der Waals surface area contributed by atoms with Crippen LogP contribution in [0, 0.1) is 0 Å². The Bertz CT molecular complexity index is 1030. The first-order chi connectivity index (χ1) is 15.9. The zero-order valence-corrected chi connectivity index (χ0v) is 22.5. The molecule has 7 nitrogen and oxygen atoms in total. The van der Waals surface area contributed by atoms with Crippen LogP contribution in [0.2, 0.25) is 0 Å². The van der Waals surface area contributed by atoms with Gasteiger partial charge in [0.05, 0.1) is 14.2 Å². The number of nitrogens with zero attached hydrogens (tertiary/aromatic N) is 4. The Morgan fingerprint density at radius 2 is 1.56 bits per heavy atom. The molecule has 0 N–H and O–H groups in total. The molecule has 1 heterocycles. The Balaban J connectivity index is 0.00000408. The van der Waals surface area contributed by atoms with Crippen molar-refractivity contribution in [3.05, 3.63) is 42.0 Å². The smallest absolute Gasteiger partial charge is 0.260 e. The summed E-state index contributed by atoms with van der Waals surface area (Å²) in [5.41, 5.74) is 2.47. The minimum atomic E-state index is -0.0585. The van der Waals surface area contributed by atoms with Gasteiger partial charge in [-0.05, 0) is 77.3 Å². The molecule has 1 aromatic heterocycles. The summed E-state index contributed by atoms with van der Waals surface area (Å²) in [6.07, 6.45) is 0.834. The minimum absolute atomic E-state index is 0. The maximum atomic E-state index is 13.6. The molecule has 0 aliphatic carbocycles. The van der Waals surface area contributed by atoms with Crippen molar-refractivity contribution in [1.82, 2.24) is 9.88 Å². The molecule has 0 unspecified atom stereocenters. The Morgan fingerprint density at radius 3 is 2.12 bits per heavy atom. The van der Waals surface area contributed by atoms with Gasteiger partial charge < -0.3 is 19.3 Å². The third-order valence-corrected chi connectivity index (χ3v) is 6.70. The van der Waals surface area contributed by atoms with Crippen molar-refractivity contribution in [3.8, 4) is 11.5 Å². The maximum absolute atomic E-state index is 13.6. The molecule has 0 saturated heterocycles. The first kappa shape index (κ1) is 27.7. The average Bonchev–Trinajstić information content (AvgIpc) is 3.27. The van der Waals surface area contributed by atoms with Gasteiger partial charge in [-0.15, -0.1) is 12.4 Å². The van der Waals surface area contributed by atoms with Crippen molar-refractivity contribution < 1.29 is 14.3 Å². The summed E-state index contributed by atoms with van der Waals surface area (Å²) in [5.74, 6) is 1.33. The van der Waals surface area contributed by atoms with E-state index in [0.717, 1.165) is 42.2 Å². The lowest BCUT2D eigenvalue weighted by Crippen LogP contribution is -2.33. The summed E-state index contributed by atoms with van der Waals surface area (Å²) in [6.45, 7) is 7.56. The van der Waals surface area contributed by atoms with E-state index in [-0.39, 0.29) is 18.3 Å². The lowest BCUT2D eigenvalue weighted by molar-refractivity contribution is 0.0986. The van der Waals surface area contributed by atoms with Gasteiger partial charge in [0.2, 0.25) is 0 Å². The maximum Gasteiger partial charge on any atom is 0.260 e. The number of benzene rings is 2. The van der Waals surface area contributed by atoms with Crippen LogP contribution >= 0.6 is 23.7 Å². The number of carbonyl (C=O) groups is 1. The first-order valence-corrected chi connectivity index (χ1v) is 12.1. The van der Waals surface area contributed by atoms with Gasteiger partial charge in [0, 0.05) is 30.9 Å². The Morgan fingerprint density at radius 1 is 0.941 bits per heavy atom. The molecule has 0 spiro atoms. The Kier molecular flexibility index (Phi) is 10.4. The number of methoxy groups -OCH3 is 2. The van der Waals surface area contributed by atoms with Gasteiger partial charge in [-0.2, -0.15) is 0 Å². The molecule has 2 aromatic carbocycles. The van der Waals surface area contributed by atoms with Crippen LogP contribution in [0.25, 0.3) is 10.2 Å². The van der Waals surface area contributed by atoms with Crippen molar-refractivity contribution in [2.45, 2.75) is 20.3 Å². The number of hydrogen-bond donors (Lipinski definition) is 0. The highest BCUT2D eigenvalue weighted by molar-refractivity contribution is 7.22. The lowest BCUT2D eigenvalue weighted by atomic mass is 10.1. The normalized spacial score (nSPS) is 10.8. The summed E-state index contributed by atoms with van der Waals surface area (Å²) >= 11 is 1.45. The van der Waals surface area contributed by atoms with Crippen LogP contribution < -0.4 is 19.3 Å². The third-order valence-electron chi connectivity index (χ3n) is 5.60. The van der Waals surface area contributed by atoms with E-state index in [4.69, 9.17) is 14.5 Å². The van der Waals surface area contributed by atoms with Gasteiger partial charge >= 0.3 is 0 Å². The second-order valence-electron chi connectivity index (χ2n) is 7.98. The van der Waals surface area contributed by atoms with Gasteiger partial charge in [0.15, 0.2) is 5.13 Å². The number of rotatable bonds is 11. The molecule has 34 heavy (non-hydrogen) atoms. The average molecular weight is 507 g/mol. The molecule has 1 amide bonds. The zero-order valence-electron chi connectivity index (χ0n) is 20.8. The minimum Gasteiger partial charge on any atom is -0.495 e. The molecule has 0 aliphatic heterocycles. The van der Waals surface area contributed by atoms with Gasteiger partial charge in [-0.1, -0.05) is 11.3 Å². The van der Waals surface area contributed by atoms with Crippen LogP contribution in [-0.2, 0) is 0 Å². The molecular weight excluding hydrogens is 472 g/mol. The van der Waals surface area contributed by atoms with Crippen molar-refractivity contribution in [1.29, 1.82) is 0 Å².